The van der Waals surface area contributed by atoms with Crippen molar-refractivity contribution < 1.29 is 27.8 Å². The van der Waals surface area contributed by atoms with Gasteiger partial charge in [-0.25, -0.2) is 0 Å². The number of hydrogen-bond acceptors (Lipinski definition) is 4. The zero-order valence-electron chi connectivity index (χ0n) is 16.0. The van der Waals surface area contributed by atoms with Crippen LogP contribution in [0.2, 0.25) is 0 Å². The number of rotatable bonds is 10. The molecule has 1 N–H and O–H groups in total. The number of benzene rings is 2. The second-order valence-electron chi connectivity index (χ2n) is 6.47. The first kappa shape index (κ1) is 22.4. The average Bonchev–Trinajstić information content (AvgIpc) is 2.67. The third-order valence-electron chi connectivity index (χ3n) is 4.02. The molecule has 0 amide bonds. The minimum Gasteiger partial charge on any atom is -0.493 e. The quantitative estimate of drug-likeness (QED) is 0.515. The van der Waals surface area contributed by atoms with Crippen molar-refractivity contribution in [2.45, 2.75) is 31.3 Å². The molecule has 7 heteroatoms. The minimum absolute atomic E-state index is 0.0652. The summed E-state index contributed by atoms with van der Waals surface area (Å²) >= 11 is 1.60. The van der Waals surface area contributed by atoms with Crippen LogP contribution in [-0.4, -0.2) is 30.7 Å². The van der Waals surface area contributed by atoms with Crippen LogP contribution >= 0.6 is 11.8 Å². The molecule has 0 aromatic heterocycles. The summed E-state index contributed by atoms with van der Waals surface area (Å²) in [5.74, 6) is 1.72. The molecule has 0 spiro atoms. The number of ether oxygens (including phenoxy) is 2. The number of alkyl halides is 3. The maximum absolute atomic E-state index is 12.6. The van der Waals surface area contributed by atoms with E-state index in [1.807, 2.05) is 25.1 Å². The van der Waals surface area contributed by atoms with Gasteiger partial charge in [0.1, 0.15) is 11.5 Å². The van der Waals surface area contributed by atoms with Crippen LogP contribution in [-0.2, 0) is 6.18 Å². The highest BCUT2D eigenvalue weighted by atomic mass is 32.2. The Hall–Kier alpha value is -1.86. The second kappa shape index (κ2) is 10.6. The van der Waals surface area contributed by atoms with E-state index in [2.05, 4.69) is 6.92 Å². The first-order chi connectivity index (χ1) is 13.3. The molecule has 0 saturated carbocycles. The minimum atomic E-state index is -4.36. The summed E-state index contributed by atoms with van der Waals surface area (Å²) < 4.78 is 48.9. The van der Waals surface area contributed by atoms with Crippen molar-refractivity contribution >= 4 is 11.8 Å². The van der Waals surface area contributed by atoms with E-state index in [-0.39, 0.29) is 19.1 Å². The van der Waals surface area contributed by atoms with Crippen LogP contribution < -0.4 is 9.47 Å². The molecule has 0 fully saturated rings. The molecule has 2 rings (SSSR count). The maximum Gasteiger partial charge on any atom is 0.416 e. The number of thioether (sulfide) groups is 1. The van der Waals surface area contributed by atoms with Crippen molar-refractivity contribution in [3.05, 3.63) is 53.6 Å². The molecule has 2 aromatic carbocycles. The van der Waals surface area contributed by atoms with Crippen molar-refractivity contribution in [2.24, 2.45) is 5.92 Å². The highest BCUT2D eigenvalue weighted by Gasteiger charge is 2.30. The summed E-state index contributed by atoms with van der Waals surface area (Å²) in [5, 5.41) is 9.57. The van der Waals surface area contributed by atoms with E-state index in [0.29, 0.717) is 18.1 Å². The van der Waals surface area contributed by atoms with Crippen LogP contribution in [0, 0.1) is 12.8 Å². The molecule has 0 saturated heterocycles. The first-order valence-electron chi connectivity index (χ1n) is 9.10. The molecule has 0 aliphatic heterocycles. The van der Waals surface area contributed by atoms with Gasteiger partial charge in [-0.3, -0.25) is 0 Å². The van der Waals surface area contributed by atoms with Crippen molar-refractivity contribution in [3.8, 4) is 11.5 Å². The lowest BCUT2D eigenvalue weighted by atomic mass is 10.2. The van der Waals surface area contributed by atoms with E-state index in [9.17, 15) is 18.3 Å². The van der Waals surface area contributed by atoms with Gasteiger partial charge in [-0.05, 0) is 61.4 Å². The van der Waals surface area contributed by atoms with E-state index < -0.39 is 11.7 Å². The Balaban J connectivity index is 1.85. The van der Waals surface area contributed by atoms with Gasteiger partial charge in [0.15, 0.2) is 0 Å². The topological polar surface area (TPSA) is 38.7 Å². The molecular weight excluding hydrogens is 389 g/mol. The zero-order valence-corrected chi connectivity index (χ0v) is 16.8. The van der Waals surface area contributed by atoms with Crippen LogP contribution in [0.15, 0.2) is 47.4 Å². The van der Waals surface area contributed by atoms with Crippen molar-refractivity contribution in [2.75, 3.05) is 25.6 Å². The predicted octanol–water partition coefficient (Wildman–Crippen LogP) is 5.58. The van der Waals surface area contributed by atoms with Gasteiger partial charge in [0.2, 0.25) is 0 Å². The van der Waals surface area contributed by atoms with Crippen LogP contribution in [0.3, 0.4) is 0 Å². The number of aryl methyl sites for hydroxylation is 1. The zero-order chi connectivity index (χ0) is 20.6. The summed E-state index contributed by atoms with van der Waals surface area (Å²) in [6.07, 6.45) is -3.41. The molecule has 0 aliphatic carbocycles. The summed E-state index contributed by atoms with van der Waals surface area (Å²) in [6.45, 7) is 4.89. The lowest BCUT2D eigenvalue weighted by Crippen LogP contribution is -2.18. The molecule has 1 unspecified atom stereocenters. The molecular formula is C21H25F3O3S. The van der Waals surface area contributed by atoms with Crippen molar-refractivity contribution in [3.63, 3.8) is 0 Å². The van der Waals surface area contributed by atoms with Gasteiger partial charge >= 0.3 is 6.18 Å². The largest absolute Gasteiger partial charge is 0.493 e. The smallest absolute Gasteiger partial charge is 0.416 e. The highest BCUT2D eigenvalue weighted by Crippen LogP contribution is 2.31. The molecule has 154 valence electrons. The summed E-state index contributed by atoms with van der Waals surface area (Å²) in [5.41, 5.74) is 0.343. The fourth-order valence-electron chi connectivity index (χ4n) is 2.41. The van der Waals surface area contributed by atoms with Gasteiger partial charge in [0.05, 0.1) is 18.8 Å². The van der Waals surface area contributed by atoms with E-state index >= 15 is 0 Å². The molecule has 1 atom stereocenters. The van der Waals surface area contributed by atoms with E-state index in [4.69, 9.17) is 9.47 Å². The number of hydrogen-bond donors (Lipinski definition) is 1. The van der Waals surface area contributed by atoms with Crippen LogP contribution in [0.4, 0.5) is 13.2 Å². The number of aliphatic hydroxyl groups excluding tert-OH is 1. The lowest BCUT2D eigenvalue weighted by molar-refractivity contribution is -0.137. The Morgan fingerprint density at radius 1 is 1.07 bits per heavy atom. The average molecular weight is 414 g/mol. The molecule has 0 bridgehead atoms. The Kier molecular flexibility index (Phi) is 8.51. The molecule has 3 nitrogen and oxygen atoms in total. The van der Waals surface area contributed by atoms with Gasteiger partial charge in [-0.1, -0.05) is 6.92 Å². The van der Waals surface area contributed by atoms with Gasteiger partial charge in [-0.2, -0.15) is 13.2 Å². The summed E-state index contributed by atoms with van der Waals surface area (Å²) in [7, 11) is 0. The second-order valence-corrected chi connectivity index (χ2v) is 7.56. The lowest BCUT2D eigenvalue weighted by Gasteiger charge is -2.16. The van der Waals surface area contributed by atoms with Crippen molar-refractivity contribution in [1.82, 2.24) is 0 Å². The highest BCUT2D eigenvalue weighted by molar-refractivity contribution is 7.99. The predicted molar refractivity (Wildman–Crippen MR) is 105 cm³/mol. The summed E-state index contributed by atoms with van der Waals surface area (Å²) in [6, 6.07) is 10.5. The van der Waals surface area contributed by atoms with Gasteiger partial charge in [0.25, 0.3) is 0 Å². The third kappa shape index (κ3) is 6.95. The molecule has 28 heavy (non-hydrogen) atoms. The molecule has 2 aromatic rings. The SMILES string of the molecule is CCCOc1ccc(SCC(CO)COc2ccc(C(F)(F)F)cc2)cc1C. The molecule has 0 aliphatic rings. The van der Waals surface area contributed by atoms with Crippen LogP contribution in [0.5, 0.6) is 11.5 Å². The fourth-order valence-corrected chi connectivity index (χ4v) is 3.46. The Labute approximate surface area is 167 Å². The Morgan fingerprint density at radius 3 is 2.36 bits per heavy atom. The van der Waals surface area contributed by atoms with E-state index in [1.165, 1.54) is 12.1 Å². The van der Waals surface area contributed by atoms with Crippen molar-refractivity contribution in [1.29, 1.82) is 0 Å². The van der Waals surface area contributed by atoms with Crippen LogP contribution in [0.25, 0.3) is 0 Å². The Morgan fingerprint density at radius 2 is 1.79 bits per heavy atom. The first-order valence-corrected chi connectivity index (χ1v) is 10.1. The molecule has 0 radical (unpaired) electrons. The Bertz CT molecular complexity index is 733. The third-order valence-corrected chi connectivity index (χ3v) is 5.24. The number of aliphatic hydroxyl groups is 1. The van der Waals surface area contributed by atoms with Gasteiger partial charge in [-0.15, -0.1) is 11.8 Å². The van der Waals surface area contributed by atoms with Gasteiger partial charge in [0, 0.05) is 23.2 Å². The standard InChI is InChI=1S/C21H25F3O3S/c1-3-10-26-20-9-8-19(11-15(20)2)28-14-16(12-25)13-27-18-6-4-17(5-7-18)21(22,23)24/h4-9,11,16,25H,3,10,12-14H2,1-2H3. The molecule has 0 heterocycles. The van der Waals surface area contributed by atoms with Crippen LogP contribution in [0.1, 0.15) is 24.5 Å². The fraction of sp³-hybridized carbons (Fsp3) is 0.429. The van der Waals surface area contributed by atoms with E-state index in [0.717, 1.165) is 34.8 Å². The normalized spacial score (nSPS) is 12.6. The number of halogens is 3. The van der Waals surface area contributed by atoms with Gasteiger partial charge < -0.3 is 14.6 Å². The monoisotopic (exact) mass is 414 g/mol. The summed E-state index contributed by atoms with van der Waals surface area (Å²) in [4.78, 5) is 1.06. The van der Waals surface area contributed by atoms with E-state index in [1.54, 1.807) is 11.8 Å². The maximum atomic E-state index is 12.6.